The van der Waals surface area contributed by atoms with Crippen molar-refractivity contribution in [2.45, 2.75) is 38.2 Å². The Labute approximate surface area is 94.7 Å². The van der Waals surface area contributed by atoms with E-state index in [9.17, 15) is 8.78 Å². The van der Waals surface area contributed by atoms with Crippen LogP contribution in [-0.4, -0.2) is 12.0 Å². The molecule has 1 aromatic rings. The van der Waals surface area contributed by atoms with E-state index >= 15 is 0 Å². The normalized spacial score (nSPS) is 19.8. The number of alkyl halides is 2. The van der Waals surface area contributed by atoms with Gasteiger partial charge in [-0.3, -0.25) is 0 Å². The van der Waals surface area contributed by atoms with Gasteiger partial charge in [-0.15, -0.1) is 0 Å². The third kappa shape index (κ3) is 2.24. The highest BCUT2D eigenvalue weighted by Gasteiger charge is 2.35. The van der Waals surface area contributed by atoms with Crippen LogP contribution in [0.1, 0.15) is 24.5 Å². The molecule has 0 saturated heterocycles. The zero-order valence-corrected chi connectivity index (χ0v) is 9.42. The van der Waals surface area contributed by atoms with E-state index in [1.807, 2.05) is 12.1 Å². The summed E-state index contributed by atoms with van der Waals surface area (Å²) in [7, 11) is 0. The summed E-state index contributed by atoms with van der Waals surface area (Å²) in [4.78, 5) is 0. The molecular formula is C13H17F2N. The van der Waals surface area contributed by atoms with Gasteiger partial charge in [-0.1, -0.05) is 24.3 Å². The fraction of sp³-hybridized carbons (Fsp3) is 0.538. The topological polar surface area (TPSA) is 26.0 Å². The van der Waals surface area contributed by atoms with Crippen molar-refractivity contribution < 1.29 is 8.78 Å². The molecule has 0 heterocycles. The van der Waals surface area contributed by atoms with Crippen molar-refractivity contribution in [3.63, 3.8) is 0 Å². The number of hydrogen-bond acceptors (Lipinski definition) is 1. The molecule has 0 saturated carbocycles. The lowest BCUT2D eigenvalue weighted by Crippen LogP contribution is -2.45. The lowest BCUT2D eigenvalue weighted by atomic mass is 9.88. The van der Waals surface area contributed by atoms with Crippen LogP contribution < -0.4 is 5.73 Å². The molecule has 88 valence electrons. The summed E-state index contributed by atoms with van der Waals surface area (Å²) in [6, 6.07) is 8.14. The maximum Gasteiger partial charge on any atom is 0.256 e. The van der Waals surface area contributed by atoms with Crippen molar-refractivity contribution in [1.29, 1.82) is 0 Å². The van der Waals surface area contributed by atoms with Gasteiger partial charge in [-0.05, 0) is 43.2 Å². The molecule has 16 heavy (non-hydrogen) atoms. The summed E-state index contributed by atoms with van der Waals surface area (Å²) in [5.41, 5.74) is 6.85. The fourth-order valence-corrected chi connectivity index (χ4v) is 2.51. The summed E-state index contributed by atoms with van der Waals surface area (Å²) in [5, 5.41) is 0. The largest absolute Gasteiger partial charge is 0.321 e. The highest BCUT2D eigenvalue weighted by molar-refractivity contribution is 5.32. The number of nitrogens with two attached hydrogens (primary N) is 1. The first-order valence-electron chi connectivity index (χ1n) is 5.63. The van der Waals surface area contributed by atoms with Gasteiger partial charge >= 0.3 is 0 Å². The second-order valence-corrected chi connectivity index (χ2v) is 5.05. The van der Waals surface area contributed by atoms with Crippen molar-refractivity contribution in [1.82, 2.24) is 0 Å². The number of rotatable bonds is 3. The summed E-state index contributed by atoms with van der Waals surface area (Å²) >= 11 is 0. The molecule has 0 fully saturated rings. The number of halogens is 2. The Kier molecular flexibility index (Phi) is 2.98. The van der Waals surface area contributed by atoms with Gasteiger partial charge in [0.15, 0.2) is 0 Å². The van der Waals surface area contributed by atoms with Crippen LogP contribution in [0.15, 0.2) is 24.3 Å². The number of benzene rings is 1. The van der Waals surface area contributed by atoms with Crippen LogP contribution in [0.25, 0.3) is 0 Å². The van der Waals surface area contributed by atoms with E-state index in [1.165, 1.54) is 18.1 Å². The first-order chi connectivity index (χ1) is 7.49. The average Bonchev–Trinajstić information content (AvgIpc) is 2.58. The summed E-state index contributed by atoms with van der Waals surface area (Å²) in [6.45, 7) is 1.45. The predicted molar refractivity (Wildman–Crippen MR) is 60.6 cm³/mol. The first-order valence-corrected chi connectivity index (χ1v) is 5.63. The number of hydrogen-bond donors (Lipinski definition) is 1. The quantitative estimate of drug-likeness (QED) is 0.841. The van der Waals surface area contributed by atoms with Crippen LogP contribution in [-0.2, 0) is 12.8 Å². The lowest BCUT2D eigenvalue weighted by Gasteiger charge is -2.26. The van der Waals surface area contributed by atoms with Gasteiger partial charge in [0, 0.05) is 0 Å². The van der Waals surface area contributed by atoms with E-state index in [0.717, 1.165) is 12.8 Å². The molecule has 1 aliphatic rings. The van der Waals surface area contributed by atoms with Gasteiger partial charge in [0.2, 0.25) is 0 Å². The van der Waals surface area contributed by atoms with Crippen LogP contribution in [0.2, 0.25) is 0 Å². The molecular weight excluding hydrogens is 208 g/mol. The minimum atomic E-state index is -2.45. The average molecular weight is 225 g/mol. The van der Waals surface area contributed by atoms with E-state index in [1.54, 1.807) is 0 Å². The summed E-state index contributed by atoms with van der Waals surface area (Å²) < 4.78 is 25.3. The Morgan fingerprint density at radius 3 is 2.25 bits per heavy atom. The monoisotopic (exact) mass is 225 g/mol. The lowest BCUT2D eigenvalue weighted by molar-refractivity contribution is 0.0498. The smallest absolute Gasteiger partial charge is 0.256 e. The predicted octanol–water partition coefficient (Wildman–Crippen LogP) is 2.77. The Balaban J connectivity index is 2.02. The Bertz CT molecular complexity index is 349. The molecule has 2 rings (SSSR count). The minimum Gasteiger partial charge on any atom is -0.321 e. The van der Waals surface area contributed by atoms with Gasteiger partial charge < -0.3 is 5.73 Å². The van der Waals surface area contributed by atoms with E-state index in [4.69, 9.17) is 5.73 Å². The van der Waals surface area contributed by atoms with Crippen molar-refractivity contribution >= 4 is 0 Å². The van der Waals surface area contributed by atoms with Crippen LogP contribution >= 0.6 is 0 Å². The van der Waals surface area contributed by atoms with Gasteiger partial charge in [-0.2, -0.15) is 0 Å². The van der Waals surface area contributed by atoms with Gasteiger partial charge in [-0.25, -0.2) is 8.78 Å². The second kappa shape index (κ2) is 4.13. The molecule has 2 N–H and O–H groups in total. The maximum atomic E-state index is 12.7. The molecule has 0 aromatic heterocycles. The van der Waals surface area contributed by atoms with Crippen LogP contribution in [0.5, 0.6) is 0 Å². The molecule has 1 nitrogen and oxygen atoms in total. The van der Waals surface area contributed by atoms with Crippen molar-refractivity contribution in [2.75, 3.05) is 0 Å². The fourth-order valence-electron chi connectivity index (χ4n) is 2.51. The van der Waals surface area contributed by atoms with Crippen LogP contribution in [0, 0.1) is 5.92 Å². The highest BCUT2D eigenvalue weighted by atomic mass is 19.3. The molecule has 1 aromatic carbocycles. The van der Waals surface area contributed by atoms with Crippen molar-refractivity contribution in [2.24, 2.45) is 11.7 Å². The summed E-state index contributed by atoms with van der Waals surface area (Å²) in [5.74, 6) is 0.265. The van der Waals surface area contributed by atoms with Crippen molar-refractivity contribution in [3.8, 4) is 0 Å². The Hall–Kier alpha value is -0.960. The standard InChI is InChI=1S/C13H17F2N/c1-13(16,12(14)15)8-9-6-10-4-2-3-5-11(10)7-9/h2-5,9,12H,6-8,16H2,1H3. The molecule has 1 aliphatic carbocycles. The zero-order valence-electron chi connectivity index (χ0n) is 9.42. The van der Waals surface area contributed by atoms with E-state index in [-0.39, 0.29) is 5.92 Å². The third-order valence-electron chi connectivity index (χ3n) is 3.36. The van der Waals surface area contributed by atoms with Gasteiger partial charge in [0.1, 0.15) is 0 Å². The van der Waals surface area contributed by atoms with Crippen molar-refractivity contribution in [3.05, 3.63) is 35.4 Å². The molecule has 0 aliphatic heterocycles. The molecule has 0 amide bonds. The Morgan fingerprint density at radius 2 is 1.81 bits per heavy atom. The minimum absolute atomic E-state index is 0.265. The van der Waals surface area contributed by atoms with Gasteiger partial charge in [0.25, 0.3) is 6.43 Å². The molecule has 0 radical (unpaired) electrons. The second-order valence-electron chi connectivity index (χ2n) is 5.05. The van der Waals surface area contributed by atoms with Crippen LogP contribution in [0.3, 0.4) is 0 Å². The summed E-state index contributed by atoms with van der Waals surface area (Å²) in [6.07, 6.45) is -0.290. The van der Waals surface area contributed by atoms with E-state index < -0.39 is 12.0 Å². The highest BCUT2D eigenvalue weighted by Crippen LogP contribution is 2.32. The molecule has 1 atom stereocenters. The zero-order chi connectivity index (χ0) is 11.8. The van der Waals surface area contributed by atoms with E-state index in [2.05, 4.69) is 12.1 Å². The molecule has 1 unspecified atom stereocenters. The maximum absolute atomic E-state index is 12.7. The van der Waals surface area contributed by atoms with Crippen LogP contribution in [0.4, 0.5) is 8.78 Å². The molecule has 3 heteroatoms. The molecule has 0 spiro atoms. The SMILES string of the molecule is CC(N)(CC1Cc2ccccc2C1)C(F)F. The van der Waals surface area contributed by atoms with Gasteiger partial charge in [0.05, 0.1) is 5.54 Å². The number of fused-ring (bicyclic) bond motifs is 1. The first kappa shape index (κ1) is 11.5. The Morgan fingerprint density at radius 1 is 1.31 bits per heavy atom. The van der Waals surface area contributed by atoms with E-state index in [0.29, 0.717) is 6.42 Å². The third-order valence-corrected chi connectivity index (χ3v) is 3.36. The molecule has 0 bridgehead atoms.